The van der Waals surface area contributed by atoms with Gasteiger partial charge in [-0.05, 0) is 31.5 Å². The van der Waals surface area contributed by atoms with Gasteiger partial charge in [-0.2, -0.15) is 0 Å². The Hall–Kier alpha value is -2.18. The summed E-state index contributed by atoms with van der Waals surface area (Å²) in [4.78, 5) is 21.4. The molecule has 2 aromatic heterocycles. The number of nitrogens with zero attached hydrogens (tertiary/aromatic N) is 2. The molecule has 0 fully saturated rings. The van der Waals surface area contributed by atoms with Crippen molar-refractivity contribution in [3.63, 3.8) is 0 Å². The van der Waals surface area contributed by atoms with Gasteiger partial charge in [0.15, 0.2) is 0 Å². The van der Waals surface area contributed by atoms with Gasteiger partial charge in [0.25, 0.3) is 0 Å². The van der Waals surface area contributed by atoms with Crippen molar-refractivity contribution in [1.29, 1.82) is 0 Å². The summed E-state index contributed by atoms with van der Waals surface area (Å²) in [6.45, 7) is 4.02. The Balaban J connectivity index is 1.92. The lowest BCUT2D eigenvalue weighted by Gasteiger charge is -2.11. The lowest BCUT2D eigenvalue weighted by Crippen LogP contribution is -2.35. The van der Waals surface area contributed by atoms with E-state index in [0.717, 1.165) is 21.3 Å². The molecule has 1 aromatic carbocycles. The van der Waals surface area contributed by atoms with Crippen LogP contribution in [0, 0.1) is 0 Å². The molecule has 0 atom stereocenters. The second-order valence-corrected chi connectivity index (χ2v) is 6.93. The molecule has 0 bridgehead atoms. The van der Waals surface area contributed by atoms with Crippen LogP contribution in [-0.2, 0) is 4.79 Å². The van der Waals surface area contributed by atoms with Crippen molar-refractivity contribution in [2.45, 2.75) is 19.9 Å². The Morgan fingerprint density at radius 3 is 2.71 bits per heavy atom. The average Bonchev–Trinajstić information content (AvgIpc) is 2.97. The highest BCUT2D eigenvalue weighted by Gasteiger charge is 2.14. The fourth-order valence-electron chi connectivity index (χ4n) is 2.39. The van der Waals surface area contributed by atoms with E-state index in [4.69, 9.17) is 11.6 Å². The van der Waals surface area contributed by atoms with E-state index in [0.29, 0.717) is 10.8 Å². The maximum atomic E-state index is 11.9. The van der Waals surface area contributed by atoms with E-state index in [9.17, 15) is 4.79 Å². The molecule has 0 unspecified atom stereocenters. The molecule has 3 aromatic rings. The summed E-state index contributed by atoms with van der Waals surface area (Å²) in [5.41, 5.74) is 2.06. The first kappa shape index (κ1) is 16.7. The molecule has 0 aliphatic heterocycles. The van der Waals surface area contributed by atoms with Gasteiger partial charge >= 0.3 is 0 Å². The van der Waals surface area contributed by atoms with Crippen molar-refractivity contribution >= 4 is 44.9 Å². The largest absolute Gasteiger partial charge is 0.360 e. The van der Waals surface area contributed by atoms with Crippen LogP contribution in [0.2, 0.25) is 5.02 Å². The summed E-state index contributed by atoms with van der Waals surface area (Å²) in [7, 11) is 0. The van der Waals surface area contributed by atoms with Gasteiger partial charge in [-0.1, -0.05) is 23.7 Å². The van der Waals surface area contributed by atoms with E-state index in [-0.39, 0.29) is 18.5 Å². The van der Waals surface area contributed by atoms with Crippen LogP contribution in [0.25, 0.3) is 21.3 Å². The minimum Gasteiger partial charge on any atom is -0.360 e. The summed E-state index contributed by atoms with van der Waals surface area (Å²) in [6.07, 6.45) is 1.51. The number of thiophene rings is 1. The van der Waals surface area contributed by atoms with Gasteiger partial charge in [-0.15, -0.1) is 11.3 Å². The van der Waals surface area contributed by atoms with E-state index >= 15 is 0 Å². The first-order valence-corrected chi connectivity index (χ1v) is 8.81. The monoisotopic (exact) mass is 360 g/mol. The molecule has 7 heteroatoms. The van der Waals surface area contributed by atoms with E-state index in [1.54, 1.807) is 11.3 Å². The van der Waals surface area contributed by atoms with Crippen LogP contribution in [0.3, 0.4) is 0 Å². The number of halogens is 1. The molecule has 0 radical (unpaired) electrons. The molecule has 0 aliphatic carbocycles. The van der Waals surface area contributed by atoms with Crippen LogP contribution in [0.4, 0.5) is 5.82 Å². The first-order valence-electron chi connectivity index (χ1n) is 7.56. The minimum absolute atomic E-state index is 0.0694. The van der Waals surface area contributed by atoms with Crippen LogP contribution < -0.4 is 10.6 Å². The average molecular weight is 361 g/mol. The zero-order valence-electron chi connectivity index (χ0n) is 13.3. The summed E-state index contributed by atoms with van der Waals surface area (Å²) in [5, 5.41) is 9.62. The fraction of sp³-hybridized carbons (Fsp3) is 0.235. The van der Waals surface area contributed by atoms with Crippen LogP contribution in [0.15, 0.2) is 36.0 Å². The van der Waals surface area contributed by atoms with Gasteiger partial charge in [-0.3, -0.25) is 4.79 Å². The summed E-state index contributed by atoms with van der Waals surface area (Å²) < 4.78 is 0. The van der Waals surface area contributed by atoms with Crippen molar-refractivity contribution in [2.75, 3.05) is 11.9 Å². The zero-order valence-corrected chi connectivity index (χ0v) is 14.9. The number of amides is 1. The number of anilines is 1. The second kappa shape index (κ2) is 7.15. The molecular formula is C17H17ClN4OS. The first-order chi connectivity index (χ1) is 11.5. The molecule has 2 heterocycles. The summed E-state index contributed by atoms with van der Waals surface area (Å²) in [6, 6.07) is 7.74. The predicted octanol–water partition coefficient (Wildman–Crippen LogP) is 3.95. The number of carbonyl (C=O) groups is 1. The standard InChI is InChI=1S/C17H17ClN4OS/c1-10(2)22-14(23)7-19-16-15-13(8-24-17(15)21-9-20-16)11-3-5-12(18)6-4-11/h3-6,8-10H,7H2,1-2H3,(H,22,23)(H,19,20,21). The highest BCUT2D eigenvalue weighted by Crippen LogP contribution is 2.36. The number of hydrogen-bond acceptors (Lipinski definition) is 5. The highest BCUT2D eigenvalue weighted by atomic mass is 35.5. The lowest BCUT2D eigenvalue weighted by molar-refractivity contribution is -0.119. The highest BCUT2D eigenvalue weighted by molar-refractivity contribution is 7.17. The van der Waals surface area contributed by atoms with Gasteiger partial charge in [0, 0.05) is 22.0 Å². The maximum Gasteiger partial charge on any atom is 0.239 e. The SMILES string of the molecule is CC(C)NC(=O)CNc1ncnc2scc(-c3ccc(Cl)cc3)c12. The minimum atomic E-state index is -0.0694. The smallest absolute Gasteiger partial charge is 0.239 e. The van der Waals surface area contributed by atoms with E-state index in [2.05, 4.69) is 20.6 Å². The summed E-state index contributed by atoms with van der Waals surface area (Å²) in [5.74, 6) is 0.588. The number of nitrogens with one attached hydrogen (secondary N) is 2. The van der Waals surface area contributed by atoms with E-state index < -0.39 is 0 Å². The lowest BCUT2D eigenvalue weighted by atomic mass is 10.1. The Bertz CT molecular complexity index is 861. The Morgan fingerprint density at radius 1 is 1.25 bits per heavy atom. The van der Waals surface area contributed by atoms with Crippen molar-refractivity contribution in [3.05, 3.63) is 41.0 Å². The molecular weight excluding hydrogens is 344 g/mol. The number of aromatic nitrogens is 2. The quantitative estimate of drug-likeness (QED) is 0.723. The van der Waals surface area contributed by atoms with Gasteiger partial charge in [0.2, 0.25) is 5.91 Å². The van der Waals surface area contributed by atoms with Gasteiger partial charge < -0.3 is 10.6 Å². The van der Waals surface area contributed by atoms with Crippen molar-refractivity contribution in [1.82, 2.24) is 15.3 Å². The molecule has 2 N–H and O–H groups in total. The Labute approximate surface area is 149 Å². The topological polar surface area (TPSA) is 66.9 Å². The maximum absolute atomic E-state index is 11.9. The van der Waals surface area contributed by atoms with Crippen molar-refractivity contribution in [3.8, 4) is 11.1 Å². The third-order valence-corrected chi connectivity index (χ3v) is 4.53. The fourth-order valence-corrected chi connectivity index (χ4v) is 3.43. The molecule has 0 saturated carbocycles. The number of hydrogen-bond donors (Lipinski definition) is 2. The van der Waals surface area contributed by atoms with Gasteiger partial charge in [0.1, 0.15) is 17.0 Å². The third kappa shape index (κ3) is 3.66. The zero-order chi connectivity index (χ0) is 17.1. The number of rotatable bonds is 5. The van der Waals surface area contributed by atoms with Crippen LogP contribution >= 0.6 is 22.9 Å². The van der Waals surface area contributed by atoms with E-state index in [1.165, 1.54) is 6.33 Å². The second-order valence-electron chi connectivity index (χ2n) is 5.63. The molecule has 5 nitrogen and oxygen atoms in total. The molecule has 3 rings (SSSR count). The molecule has 0 spiro atoms. The molecule has 1 amide bonds. The molecule has 124 valence electrons. The van der Waals surface area contributed by atoms with Gasteiger partial charge in [-0.25, -0.2) is 9.97 Å². The molecule has 0 saturated heterocycles. The summed E-state index contributed by atoms with van der Waals surface area (Å²) >= 11 is 7.52. The van der Waals surface area contributed by atoms with Crippen LogP contribution in [-0.4, -0.2) is 28.5 Å². The van der Waals surface area contributed by atoms with E-state index in [1.807, 2.05) is 43.5 Å². The van der Waals surface area contributed by atoms with Crippen LogP contribution in [0.1, 0.15) is 13.8 Å². The van der Waals surface area contributed by atoms with Crippen LogP contribution in [0.5, 0.6) is 0 Å². The number of carbonyl (C=O) groups excluding carboxylic acids is 1. The molecule has 24 heavy (non-hydrogen) atoms. The normalized spacial score (nSPS) is 11.0. The predicted molar refractivity (Wildman–Crippen MR) is 99.6 cm³/mol. The Kier molecular flexibility index (Phi) is 4.97. The van der Waals surface area contributed by atoms with Gasteiger partial charge in [0.05, 0.1) is 11.9 Å². The Morgan fingerprint density at radius 2 is 2.00 bits per heavy atom. The van der Waals surface area contributed by atoms with Crippen molar-refractivity contribution < 1.29 is 4.79 Å². The number of benzene rings is 1. The molecule has 0 aliphatic rings. The third-order valence-electron chi connectivity index (χ3n) is 3.39. The van der Waals surface area contributed by atoms with Crippen molar-refractivity contribution in [2.24, 2.45) is 0 Å². The number of fused-ring (bicyclic) bond motifs is 1.